The van der Waals surface area contributed by atoms with E-state index in [1.807, 2.05) is 56.3 Å². The largest absolute Gasteiger partial charge is 0.329 e. The van der Waals surface area contributed by atoms with E-state index in [4.69, 9.17) is 16.7 Å². The van der Waals surface area contributed by atoms with Crippen LogP contribution >= 0.6 is 11.6 Å². The highest BCUT2D eigenvalue weighted by Gasteiger charge is 2.24. The second kappa shape index (κ2) is 10.2. The fourth-order valence-electron chi connectivity index (χ4n) is 3.51. The Hall–Kier alpha value is -3.12. The van der Waals surface area contributed by atoms with Crippen LogP contribution in [0.1, 0.15) is 55.7 Å². The minimum Gasteiger partial charge on any atom is -0.329 e. The maximum atomic E-state index is 13.1. The van der Waals surface area contributed by atoms with Crippen molar-refractivity contribution < 1.29 is 9.59 Å². The third-order valence-corrected chi connectivity index (χ3v) is 5.64. The Morgan fingerprint density at radius 1 is 1.09 bits per heavy atom. The summed E-state index contributed by atoms with van der Waals surface area (Å²) in [4.78, 5) is 27.8. The molecular formula is C26H31ClN4O2. The van der Waals surface area contributed by atoms with Gasteiger partial charge in [0.25, 0.3) is 5.91 Å². The van der Waals surface area contributed by atoms with Crippen molar-refractivity contribution in [3.8, 4) is 5.69 Å². The molecule has 0 bridgehead atoms. The number of nitrogens with zero attached hydrogens (tertiary/aromatic N) is 3. The highest BCUT2D eigenvalue weighted by atomic mass is 35.5. The Labute approximate surface area is 200 Å². The summed E-state index contributed by atoms with van der Waals surface area (Å²) in [7, 11) is 0. The lowest BCUT2D eigenvalue weighted by atomic mass is 9.92. The molecule has 0 atom stereocenters. The van der Waals surface area contributed by atoms with Gasteiger partial charge in [0.2, 0.25) is 5.91 Å². The third-order valence-electron chi connectivity index (χ3n) is 5.32. The Morgan fingerprint density at radius 3 is 2.39 bits per heavy atom. The van der Waals surface area contributed by atoms with Gasteiger partial charge in [-0.3, -0.25) is 9.59 Å². The summed E-state index contributed by atoms with van der Waals surface area (Å²) in [5, 5.41) is 8.19. The first-order valence-electron chi connectivity index (χ1n) is 11.1. The first-order valence-corrected chi connectivity index (χ1v) is 11.5. The molecule has 0 saturated carbocycles. The number of rotatable bonds is 7. The van der Waals surface area contributed by atoms with Crippen LogP contribution in [0.15, 0.2) is 54.6 Å². The Bertz CT molecular complexity index is 1150. The summed E-state index contributed by atoms with van der Waals surface area (Å²) < 4.78 is 1.65. The van der Waals surface area contributed by atoms with E-state index in [9.17, 15) is 9.59 Å². The molecular weight excluding hydrogens is 436 g/mol. The standard InChI is InChI=1S/C26H31ClN4O2/c1-6-15-30(25(33)19-12-8-7-11-18(19)2)17-24(32)28-23-16-22(26(3,4)5)29-31(23)21-14-10-9-13-20(21)27/h7-14,16H,6,15,17H2,1-5H3,(H,28,32). The van der Waals surface area contributed by atoms with Crippen molar-refractivity contribution in [2.24, 2.45) is 0 Å². The maximum Gasteiger partial charge on any atom is 0.254 e. The number of nitrogens with one attached hydrogen (secondary N) is 1. The minimum absolute atomic E-state index is 0.0560. The number of aryl methyl sites for hydroxylation is 1. The average molecular weight is 467 g/mol. The Kier molecular flexibility index (Phi) is 7.59. The van der Waals surface area contributed by atoms with Crippen molar-refractivity contribution in [1.29, 1.82) is 0 Å². The summed E-state index contributed by atoms with van der Waals surface area (Å²) in [6.45, 7) is 10.5. The molecule has 0 aliphatic rings. The van der Waals surface area contributed by atoms with Gasteiger partial charge in [-0.15, -0.1) is 0 Å². The second-order valence-electron chi connectivity index (χ2n) is 9.12. The normalized spacial score (nSPS) is 11.3. The van der Waals surface area contributed by atoms with Crippen LogP contribution in [0.2, 0.25) is 5.02 Å². The Balaban J connectivity index is 1.88. The molecule has 3 aromatic rings. The van der Waals surface area contributed by atoms with Gasteiger partial charge in [-0.05, 0) is 37.1 Å². The number of benzene rings is 2. The summed E-state index contributed by atoms with van der Waals surface area (Å²) >= 11 is 6.41. The van der Waals surface area contributed by atoms with Crippen LogP contribution in [-0.4, -0.2) is 39.6 Å². The predicted octanol–water partition coefficient (Wildman–Crippen LogP) is 5.62. The molecule has 0 aliphatic heterocycles. The van der Waals surface area contributed by atoms with Crippen LogP contribution in [0.5, 0.6) is 0 Å². The highest BCUT2D eigenvalue weighted by Crippen LogP contribution is 2.29. The molecule has 1 N–H and O–H groups in total. The first kappa shape index (κ1) is 24.5. The predicted molar refractivity (Wildman–Crippen MR) is 133 cm³/mol. The molecule has 174 valence electrons. The first-order chi connectivity index (χ1) is 15.6. The van der Waals surface area contributed by atoms with Crippen LogP contribution in [0.25, 0.3) is 5.69 Å². The number of anilines is 1. The SMILES string of the molecule is CCCN(CC(=O)Nc1cc(C(C)(C)C)nn1-c1ccccc1Cl)C(=O)c1ccccc1C. The average Bonchev–Trinajstić information content (AvgIpc) is 3.17. The molecule has 3 rings (SSSR count). The van der Waals surface area contributed by atoms with Crippen molar-refractivity contribution >= 4 is 29.2 Å². The van der Waals surface area contributed by atoms with Gasteiger partial charge in [0, 0.05) is 23.6 Å². The zero-order valence-corrected chi connectivity index (χ0v) is 20.6. The van der Waals surface area contributed by atoms with E-state index >= 15 is 0 Å². The van der Waals surface area contributed by atoms with Gasteiger partial charge in [-0.1, -0.05) is 69.6 Å². The van der Waals surface area contributed by atoms with Crippen LogP contribution in [-0.2, 0) is 10.2 Å². The van der Waals surface area contributed by atoms with Crippen molar-refractivity contribution in [1.82, 2.24) is 14.7 Å². The molecule has 0 spiro atoms. The van der Waals surface area contributed by atoms with Gasteiger partial charge in [0.1, 0.15) is 12.4 Å². The topological polar surface area (TPSA) is 67.2 Å². The molecule has 0 aliphatic carbocycles. The van der Waals surface area contributed by atoms with Gasteiger partial charge in [0.15, 0.2) is 0 Å². The maximum absolute atomic E-state index is 13.1. The fraction of sp³-hybridized carbons (Fsp3) is 0.346. The molecule has 1 heterocycles. The lowest BCUT2D eigenvalue weighted by molar-refractivity contribution is -0.116. The van der Waals surface area contributed by atoms with E-state index in [2.05, 4.69) is 26.1 Å². The van der Waals surface area contributed by atoms with Crippen molar-refractivity contribution in [3.05, 3.63) is 76.4 Å². The zero-order chi connectivity index (χ0) is 24.2. The van der Waals surface area contributed by atoms with Gasteiger partial charge >= 0.3 is 0 Å². The molecule has 2 amide bonds. The lowest BCUT2D eigenvalue weighted by Gasteiger charge is -2.22. The van der Waals surface area contributed by atoms with Crippen LogP contribution in [0.4, 0.5) is 5.82 Å². The Morgan fingerprint density at radius 2 is 1.76 bits per heavy atom. The number of aromatic nitrogens is 2. The van der Waals surface area contributed by atoms with Crippen molar-refractivity contribution in [3.63, 3.8) is 0 Å². The number of carbonyl (C=O) groups is 2. The van der Waals surface area contributed by atoms with E-state index < -0.39 is 0 Å². The molecule has 2 aromatic carbocycles. The van der Waals surface area contributed by atoms with Gasteiger partial charge < -0.3 is 10.2 Å². The van der Waals surface area contributed by atoms with E-state index in [1.165, 1.54) is 0 Å². The fourth-order valence-corrected chi connectivity index (χ4v) is 3.72. The van der Waals surface area contributed by atoms with E-state index in [-0.39, 0.29) is 23.8 Å². The lowest BCUT2D eigenvalue weighted by Crippen LogP contribution is -2.39. The number of hydrogen-bond donors (Lipinski definition) is 1. The molecule has 1 aromatic heterocycles. The molecule has 6 nitrogen and oxygen atoms in total. The van der Waals surface area contributed by atoms with Gasteiger partial charge in [0.05, 0.1) is 16.4 Å². The monoisotopic (exact) mass is 466 g/mol. The summed E-state index contributed by atoms with van der Waals surface area (Å²) in [5.74, 6) is 0.0666. The van der Waals surface area contributed by atoms with Crippen molar-refractivity contribution in [2.45, 2.75) is 46.5 Å². The van der Waals surface area contributed by atoms with Crippen molar-refractivity contribution in [2.75, 3.05) is 18.4 Å². The minimum atomic E-state index is -0.293. The summed E-state index contributed by atoms with van der Waals surface area (Å²) in [5.41, 5.74) is 2.76. The number of hydrogen-bond acceptors (Lipinski definition) is 3. The molecule has 0 fully saturated rings. The molecule has 0 radical (unpaired) electrons. The number of amides is 2. The van der Waals surface area contributed by atoms with E-state index in [0.29, 0.717) is 28.6 Å². The van der Waals surface area contributed by atoms with Gasteiger partial charge in [-0.2, -0.15) is 5.10 Å². The zero-order valence-electron chi connectivity index (χ0n) is 19.9. The van der Waals surface area contributed by atoms with E-state index in [0.717, 1.165) is 17.7 Å². The molecule has 0 unspecified atom stereocenters. The molecule has 7 heteroatoms. The number of carbonyl (C=O) groups excluding carboxylic acids is 2. The number of halogens is 1. The second-order valence-corrected chi connectivity index (χ2v) is 9.53. The van der Waals surface area contributed by atoms with Gasteiger partial charge in [-0.25, -0.2) is 4.68 Å². The molecule has 33 heavy (non-hydrogen) atoms. The highest BCUT2D eigenvalue weighted by molar-refractivity contribution is 6.32. The van der Waals surface area contributed by atoms with Crippen LogP contribution < -0.4 is 5.32 Å². The summed E-state index contributed by atoms with van der Waals surface area (Å²) in [6.07, 6.45) is 0.747. The smallest absolute Gasteiger partial charge is 0.254 e. The van der Waals surface area contributed by atoms with Crippen LogP contribution in [0, 0.1) is 6.92 Å². The van der Waals surface area contributed by atoms with E-state index in [1.54, 1.807) is 21.7 Å². The third kappa shape index (κ3) is 5.82. The van der Waals surface area contributed by atoms with Crippen LogP contribution in [0.3, 0.4) is 0 Å². The number of para-hydroxylation sites is 1. The summed E-state index contributed by atoms with van der Waals surface area (Å²) in [6, 6.07) is 16.6. The molecule has 0 saturated heterocycles. The quantitative estimate of drug-likeness (QED) is 0.491.